The van der Waals surface area contributed by atoms with Gasteiger partial charge in [-0.25, -0.2) is 0 Å². The monoisotopic (exact) mass is 226 g/mol. The molecule has 0 amide bonds. The van der Waals surface area contributed by atoms with Crippen molar-refractivity contribution >= 4 is 12.3 Å². The molecule has 0 heterocycles. The van der Waals surface area contributed by atoms with Crippen LogP contribution in [0.1, 0.15) is 25.7 Å². The Labute approximate surface area is 95.6 Å². The molecule has 90 valence electrons. The van der Waals surface area contributed by atoms with Crippen molar-refractivity contribution in [3.63, 3.8) is 0 Å². The molecular formula is C12H18O4. The minimum atomic E-state index is -0.453. The van der Waals surface area contributed by atoms with Crippen LogP contribution < -0.4 is 0 Å². The average molecular weight is 226 g/mol. The van der Waals surface area contributed by atoms with Crippen molar-refractivity contribution < 1.29 is 19.4 Å². The quantitative estimate of drug-likeness (QED) is 0.294. The highest BCUT2D eigenvalue weighted by Crippen LogP contribution is 2.05. The molecule has 4 nitrogen and oxygen atoms in total. The number of hydrogen-bond acceptors (Lipinski definition) is 4. The summed E-state index contributed by atoms with van der Waals surface area (Å²) < 4.78 is 4.48. The van der Waals surface area contributed by atoms with E-state index in [9.17, 15) is 14.7 Å². The average Bonchev–Trinajstić information content (AvgIpc) is 2.28. The van der Waals surface area contributed by atoms with Gasteiger partial charge in [0.25, 0.3) is 0 Å². The Morgan fingerprint density at radius 3 is 2.75 bits per heavy atom. The van der Waals surface area contributed by atoms with Crippen LogP contribution in [0, 0.1) is 0 Å². The SMILES string of the molecule is COC(=O)CCCC(O)C/C=C/C=C/C=O. The molecule has 0 spiro atoms. The summed E-state index contributed by atoms with van der Waals surface area (Å²) in [7, 11) is 1.35. The Morgan fingerprint density at radius 2 is 2.12 bits per heavy atom. The smallest absolute Gasteiger partial charge is 0.305 e. The third kappa shape index (κ3) is 9.15. The molecule has 0 aromatic heterocycles. The first-order chi connectivity index (χ1) is 7.70. The van der Waals surface area contributed by atoms with Gasteiger partial charge >= 0.3 is 5.97 Å². The van der Waals surface area contributed by atoms with Crippen LogP contribution in [0.5, 0.6) is 0 Å². The molecule has 0 saturated carbocycles. The molecule has 1 atom stereocenters. The van der Waals surface area contributed by atoms with Gasteiger partial charge in [0.1, 0.15) is 6.29 Å². The third-order valence-corrected chi connectivity index (χ3v) is 1.99. The number of allylic oxidation sites excluding steroid dienone is 3. The van der Waals surface area contributed by atoms with E-state index >= 15 is 0 Å². The first-order valence-corrected chi connectivity index (χ1v) is 5.22. The maximum absolute atomic E-state index is 10.8. The Morgan fingerprint density at radius 1 is 1.38 bits per heavy atom. The van der Waals surface area contributed by atoms with E-state index in [1.807, 2.05) is 0 Å². The number of ether oxygens (including phenoxy) is 1. The number of aliphatic hydroxyl groups excluding tert-OH is 1. The number of carbonyl (C=O) groups is 2. The molecule has 0 rings (SSSR count). The maximum atomic E-state index is 10.8. The minimum Gasteiger partial charge on any atom is -0.469 e. The fourth-order valence-corrected chi connectivity index (χ4v) is 1.13. The molecule has 1 unspecified atom stereocenters. The summed E-state index contributed by atoms with van der Waals surface area (Å²) in [5.41, 5.74) is 0. The van der Waals surface area contributed by atoms with Crippen molar-refractivity contribution in [1.82, 2.24) is 0 Å². The van der Waals surface area contributed by atoms with E-state index in [1.54, 1.807) is 18.2 Å². The van der Waals surface area contributed by atoms with Gasteiger partial charge in [-0.1, -0.05) is 18.2 Å². The van der Waals surface area contributed by atoms with Crippen LogP contribution in [0.4, 0.5) is 0 Å². The van der Waals surface area contributed by atoms with Crippen LogP contribution in [0.25, 0.3) is 0 Å². The van der Waals surface area contributed by atoms with E-state index in [-0.39, 0.29) is 5.97 Å². The van der Waals surface area contributed by atoms with Gasteiger partial charge in [0.15, 0.2) is 0 Å². The number of esters is 1. The Hall–Kier alpha value is -1.42. The van der Waals surface area contributed by atoms with E-state index in [0.717, 1.165) is 0 Å². The zero-order valence-corrected chi connectivity index (χ0v) is 9.46. The van der Waals surface area contributed by atoms with Crippen molar-refractivity contribution in [3.8, 4) is 0 Å². The van der Waals surface area contributed by atoms with E-state index in [2.05, 4.69) is 4.74 Å². The van der Waals surface area contributed by atoms with Crippen LogP contribution in [-0.4, -0.2) is 30.6 Å². The zero-order chi connectivity index (χ0) is 12.2. The number of methoxy groups -OCH3 is 1. The predicted octanol–water partition coefficient (Wildman–Crippen LogP) is 1.39. The summed E-state index contributed by atoms with van der Waals surface area (Å²) in [6, 6.07) is 0. The van der Waals surface area contributed by atoms with Crippen LogP contribution in [0.3, 0.4) is 0 Å². The number of aldehydes is 1. The molecule has 0 aromatic carbocycles. The summed E-state index contributed by atoms with van der Waals surface area (Å²) in [5, 5.41) is 9.49. The number of carbonyl (C=O) groups excluding carboxylic acids is 2. The molecule has 0 aromatic rings. The predicted molar refractivity (Wildman–Crippen MR) is 60.8 cm³/mol. The van der Waals surface area contributed by atoms with Gasteiger partial charge in [-0.2, -0.15) is 0 Å². The highest BCUT2D eigenvalue weighted by molar-refractivity contribution is 5.69. The van der Waals surface area contributed by atoms with Gasteiger partial charge in [0, 0.05) is 6.42 Å². The molecule has 0 fully saturated rings. The van der Waals surface area contributed by atoms with Crippen LogP contribution in [-0.2, 0) is 14.3 Å². The highest BCUT2D eigenvalue weighted by atomic mass is 16.5. The minimum absolute atomic E-state index is 0.253. The summed E-state index contributed by atoms with van der Waals surface area (Å²) in [5.74, 6) is -0.253. The Kier molecular flexibility index (Phi) is 9.21. The standard InChI is InChI=1S/C12H18O4/c1-16-12(15)9-6-8-11(14)7-4-2-3-5-10-13/h2-5,10-11,14H,6-9H2,1H3/b4-2+,5-3+. The first-order valence-electron chi connectivity index (χ1n) is 5.22. The van der Waals surface area contributed by atoms with E-state index in [1.165, 1.54) is 13.2 Å². The highest BCUT2D eigenvalue weighted by Gasteiger charge is 2.04. The second kappa shape index (κ2) is 10.1. The summed E-state index contributed by atoms with van der Waals surface area (Å²) in [6.45, 7) is 0. The van der Waals surface area contributed by atoms with E-state index in [0.29, 0.717) is 32.0 Å². The molecule has 4 heteroatoms. The topological polar surface area (TPSA) is 63.6 Å². The fraction of sp³-hybridized carbons (Fsp3) is 0.500. The van der Waals surface area contributed by atoms with Crippen molar-refractivity contribution in [2.24, 2.45) is 0 Å². The molecule has 0 bridgehead atoms. The summed E-state index contributed by atoms with van der Waals surface area (Å²) >= 11 is 0. The maximum Gasteiger partial charge on any atom is 0.305 e. The molecule has 0 aliphatic carbocycles. The van der Waals surface area contributed by atoms with Crippen LogP contribution in [0.2, 0.25) is 0 Å². The zero-order valence-electron chi connectivity index (χ0n) is 9.46. The van der Waals surface area contributed by atoms with Crippen LogP contribution >= 0.6 is 0 Å². The largest absolute Gasteiger partial charge is 0.469 e. The third-order valence-electron chi connectivity index (χ3n) is 1.99. The molecule has 0 aliphatic heterocycles. The van der Waals surface area contributed by atoms with E-state index < -0.39 is 6.10 Å². The number of hydrogen-bond donors (Lipinski definition) is 1. The van der Waals surface area contributed by atoms with Gasteiger partial charge in [0.2, 0.25) is 0 Å². The second-order valence-electron chi connectivity index (χ2n) is 3.31. The number of aliphatic hydroxyl groups is 1. The van der Waals surface area contributed by atoms with Gasteiger partial charge in [-0.15, -0.1) is 0 Å². The molecular weight excluding hydrogens is 208 g/mol. The van der Waals surface area contributed by atoms with Gasteiger partial charge in [-0.05, 0) is 25.3 Å². The Balaban J connectivity index is 3.54. The summed E-state index contributed by atoms with van der Waals surface area (Å²) in [4.78, 5) is 20.7. The lowest BCUT2D eigenvalue weighted by molar-refractivity contribution is -0.140. The number of rotatable bonds is 8. The molecule has 0 aliphatic rings. The molecule has 0 radical (unpaired) electrons. The van der Waals surface area contributed by atoms with Gasteiger partial charge < -0.3 is 9.84 Å². The molecule has 16 heavy (non-hydrogen) atoms. The second-order valence-corrected chi connectivity index (χ2v) is 3.31. The Bertz CT molecular complexity index is 256. The first kappa shape index (κ1) is 14.6. The van der Waals surface area contributed by atoms with Crippen LogP contribution in [0.15, 0.2) is 24.3 Å². The summed E-state index contributed by atoms with van der Waals surface area (Å²) in [6.07, 6.45) is 8.74. The van der Waals surface area contributed by atoms with E-state index in [4.69, 9.17) is 0 Å². The molecule has 0 saturated heterocycles. The van der Waals surface area contributed by atoms with Crippen molar-refractivity contribution in [2.45, 2.75) is 31.8 Å². The molecule has 1 N–H and O–H groups in total. The fourth-order valence-electron chi connectivity index (χ4n) is 1.13. The normalized spacial score (nSPS) is 13.1. The van der Waals surface area contributed by atoms with Gasteiger partial charge in [0.05, 0.1) is 13.2 Å². The van der Waals surface area contributed by atoms with Gasteiger partial charge in [-0.3, -0.25) is 9.59 Å². The lowest BCUT2D eigenvalue weighted by atomic mass is 10.1. The van der Waals surface area contributed by atoms with Crippen molar-refractivity contribution in [3.05, 3.63) is 24.3 Å². The van der Waals surface area contributed by atoms with Crippen molar-refractivity contribution in [2.75, 3.05) is 7.11 Å². The lowest BCUT2D eigenvalue weighted by Gasteiger charge is -2.06. The van der Waals surface area contributed by atoms with Crippen molar-refractivity contribution in [1.29, 1.82) is 0 Å². The lowest BCUT2D eigenvalue weighted by Crippen LogP contribution is -2.07.